The molecule has 0 radical (unpaired) electrons. The number of nitrogens with one attached hydrogen (secondary N) is 1. The van der Waals surface area contributed by atoms with Crippen LogP contribution >= 0.6 is 11.6 Å². The molecule has 5 nitrogen and oxygen atoms in total. The quantitative estimate of drug-likeness (QED) is 0.757. The van der Waals surface area contributed by atoms with E-state index in [1.165, 1.54) is 57.5 Å². The first kappa shape index (κ1) is 20.2. The molecule has 1 aromatic carbocycles. The molecule has 1 aromatic heterocycles. The van der Waals surface area contributed by atoms with Gasteiger partial charge in [0.1, 0.15) is 5.82 Å². The summed E-state index contributed by atoms with van der Waals surface area (Å²) in [7, 11) is 0. The Kier molecular flexibility index (Phi) is 5.89. The normalized spacial score (nSPS) is 25.5. The Morgan fingerprint density at radius 1 is 1.10 bits per heavy atom. The summed E-state index contributed by atoms with van der Waals surface area (Å²) in [5.74, 6) is 2.67. The van der Waals surface area contributed by atoms with Gasteiger partial charge in [-0.1, -0.05) is 11.6 Å². The summed E-state index contributed by atoms with van der Waals surface area (Å²) in [4.78, 5) is 11.6. The lowest BCUT2D eigenvalue weighted by atomic mass is 10.00. The molecule has 2 atom stereocenters. The smallest absolute Gasteiger partial charge is 0.222 e. The van der Waals surface area contributed by atoms with Crippen LogP contribution in [0.2, 0.25) is 5.02 Å². The van der Waals surface area contributed by atoms with Gasteiger partial charge in [0.25, 0.3) is 0 Å². The van der Waals surface area contributed by atoms with E-state index in [2.05, 4.69) is 20.2 Å². The number of benzene rings is 1. The average molecular weight is 431 g/mol. The molecule has 2 aromatic rings. The van der Waals surface area contributed by atoms with E-state index in [1.54, 1.807) is 18.5 Å². The predicted octanol–water partition coefficient (Wildman–Crippen LogP) is 4.49. The maximum Gasteiger partial charge on any atom is 0.222 e. The fraction of sp³-hybridized carbons (Fsp3) is 0.565. The van der Waals surface area contributed by atoms with E-state index in [4.69, 9.17) is 16.3 Å². The van der Waals surface area contributed by atoms with Gasteiger partial charge in [-0.25, -0.2) is 14.4 Å². The first-order chi connectivity index (χ1) is 14.6. The monoisotopic (exact) mass is 430 g/mol. The highest BCUT2D eigenvalue weighted by molar-refractivity contribution is 6.33. The predicted molar refractivity (Wildman–Crippen MR) is 116 cm³/mol. The molecule has 0 amide bonds. The molecular formula is C23H28ClFN4O. The Bertz CT molecular complexity index is 860. The van der Waals surface area contributed by atoms with E-state index >= 15 is 0 Å². The molecule has 2 saturated heterocycles. The van der Waals surface area contributed by atoms with Crippen molar-refractivity contribution in [2.45, 2.75) is 31.7 Å². The van der Waals surface area contributed by atoms with E-state index in [0.717, 1.165) is 36.5 Å². The summed E-state index contributed by atoms with van der Waals surface area (Å²) in [6, 6.07) is 4.75. The van der Waals surface area contributed by atoms with Crippen molar-refractivity contribution < 1.29 is 9.13 Å². The van der Waals surface area contributed by atoms with Crippen LogP contribution in [0.25, 0.3) is 11.1 Å². The molecule has 160 valence electrons. The largest absolute Gasteiger partial charge is 0.381 e. The molecule has 0 unspecified atom stereocenters. The second kappa shape index (κ2) is 8.77. The van der Waals surface area contributed by atoms with Gasteiger partial charge in [0, 0.05) is 67.4 Å². The summed E-state index contributed by atoms with van der Waals surface area (Å²) in [6.07, 6.45) is 8.20. The Hall–Kier alpha value is -1.76. The Morgan fingerprint density at radius 2 is 1.80 bits per heavy atom. The number of halogens is 2. The van der Waals surface area contributed by atoms with Crippen molar-refractivity contribution in [1.29, 1.82) is 0 Å². The standard InChI is InChI=1S/C23H28ClFN4O/c24-22-2-1-19(25)9-21(22)18-10-26-23(27-11-18)28-20-7-16-13-29(14-17(16)8-20)12-15-3-5-30-6-4-15/h1-2,9-11,15-17,20H,3-8,12-14H2,(H,26,27,28)/t16-,17-/m1/s1. The van der Waals surface area contributed by atoms with Crippen molar-refractivity contribution in [3.63, 3.8) is 0 Å². The zero-order valence-corrected chi connectivity index (χ0v) is 17.8. The number of ether oxygens (including phenoxy) is 1. The van der Waals surface area contributed by atoms with Gasteiger partial charge in [-0.15, -0.1) is 0 Å². The van der Waals surface area contributed by atoms with Crippen LogP contribution in [0.1, 0.15) is 25.7 Å². The lowest BCUT2D eigenvalue weighted by Crippen LogP contribution is -2.32. The molecule has 1 aliphatic carbocycles. The number of aromatic nitrogens is 2. The molecule has 3 heterocycles. The minimum absolute atomic E-state index is 0.319. The molecule has 5 rings (SSSR count). The van der Waals surface area contributed by atoms with Crippen LogP contribution < -0.4 is 5.32 Å². The van der Waals surface area contributed by atoms with Gasteiger partial charge in [-0.05, 0) is 61.6 Å². The minimum Gasteiger partial charge on any atom is -0.381 e. The third-order valence-electron chi connectivity index (χ3n) is 6.91. The molecular weight excluding hydrogens is 403 g/mol. The number of fused-ring (bicyclic) bond motifs is 1. The Labute approximate surface area is 182 Å². The van der Waals surface area contributed by atoms with Crippen molar-refractivity contribution in [3.05, 3.63) is 41.4 Å². The molecule has 2 aliphatic heterocycles. The minimum atomic E-state index is -0.319. The number of likely N-dealkylation sites (tertiary alicyclic amines) is 1. The first-order valence-corrected chi connectivity index (χ1v) is 11.4. The molecule has 0 bridgehead atoms. The fourth-order valence-electron chi connectivity index (χ4n) is 5.40. The zero-order valence-electron chi connectivity index (χ0n) is 17.1. The van der Waals surface area contributed by atoms with Gasteiger partial charge >= 0.3 is 0 Å². The van der Waals surface area contributed by atoms with Crippen molar-refractivity contribution in [3.8, 4) is 11.1 Å². The van der Waals surface area contributed by atoms with Gasteiger partial charge in [0.15, 0.2) is 0 Å². The third kappa shape index (κ3) is 4.46. The number of hydrogen-bond acceptors (Lipinski definition) is 5. The molecule has 30 heavy (non-hydrogen) atoms. The fourth-order valence-corrected chi connectivity index (χ4v) is 5.63. The van der Waals surface area contributed by atoms with E-state index in [1.807, 2.05) is 0 Å². The summed E-state index contributed by atoms with van der Waals surface area (Å²) in [5.41, 5.74) is 1.33. The SMILES string of the molecule is Fc1ccc(Cl)c(-c2cnc(NC3C[C@@H]4CN(CC5CCOCC5)C[C@H]4C3)nc2)c1. The summed E-state index contributed by atoms with van der Waals surface area (Å²) < 4.78 is 19.0. The van der Waals surface area contributed by atoms with E-state index in [9.17, 15) is 4.39 Å². The van der Waals surface area contributed by atoms with Crippen LogP contribution in [0.5, 0.6) is 0 Å². The van der Waals surface area contributed by atoms with Crippen LogP contribution in [0.15, 0.2) is 30.6 Å². The lowest BCUT2D eigenvalue weighted by molar-refractivity contribution is 0.0545. The lowest BCUT2D eigenvalue weighted by Gasteiger charge is -2.27. The zero-order chi connectivity index (χ0) is 20.5. The molecule has 0 spiro atoms. The number of hydrogen-bond donors (Lipinski definition) is 1. The van der Waals surface area contributed by atoms with Crippen molar-refractivity contribution in [1.82, 2.24) is 14.9 Å². The molecule has 3 fully saturated rings. The van der Waals surface area contributed by atoms with Crippen LogP contribution in [-0.2, 0) is 4.74 Å². The van der Waals surface area contributed by atoms with Gasteiger partial charge in [0.2, 0.25) is 5.95 Å². The van der Waals surface area contributed by atoms with Gasteiger partial charge in [0.05, 0.1) is 0 Å². The Balaban J connectivity index is 1.14. The molecule has 1 saturated carbocycles. The number of nitrogens with zero attached hydrogens (tertiary/aromatic N) is 3. The first-order valence-electron chi connectivity index (χ1n) is 11.0. The van der Waals surface area contributed by atoms with Crippen molar-refractivity contribution in [2.75, 3.05) is 38.2 Å². The van der Waals surface area contributed by atoms with Crippen LogP contribution in [0.3, 0.4) is 0 Å². The van der Waals surface area contributed by atoms with Crippen molar-refractivity contribution >= 4 is 17.5 Å². The maximum absolute atomic E-state index is 13.5. The summed E-state index contributed by atoms with van der Waals surface area (Å²) in [6.45, 7) is 5.54. The van der Waals surface area contributed by atoms with Crippen LogP contribution in [0.4, 0.5) is 10.3 Å². The van der Waals surface area contributed by atoms with Crippen LogP contribution in [-0.4, -0.2) is 53.8 Å². The maximum atomic E-state index is 13.5. The molecule has 1 N–H and O–H groups in total. The second-order valence-electron chi connectivity index (χ2n) is 9.03. The number of rotatable bonds is 5. The highest BCUT2D eigenvalue weighted by atomic mass is 35.5. The topological polar surface area (TPSA) is 50.3 Å². The second-order valence-corrected chi connectivity index (χ2v) is 9.43. The highest BCUT2D eigenvalue weighted by Gasteiger charge is 2.41. The molecule has 3 aliphatic rings. The van der Waals surface area contributed by atoms with E-state index in [0.29, 0.717) is 22.6 Å². The highest BCUT2D eigenvalue weighted by Crippen LogP contribution is 2.39. The van der Waals surface area contributed by atoms with E-state index in [-0.39, 0.29) is 5.82 Å². The summed E-state index contributed by atoms with van der Waals surface area (Å²) >= 11 is 6.19. The average Bonchev–Trinajstić information content (AvgIpc) is 3.29. The number of anilines is 1. The van der Waals surface area contributed by atoms with Crippen LogP contribution in [0, 0.1) is 23.6 Å². The molecule has 7 heteroatoms. The van der Waals surface area contributed by atoms with E-state index < -0.39 is 0 Å². The Morgan fingerprint density at radius 3 is 2.50 bits per heavy atom. The summed E-state index contributed by atoms with van der Waals surface area (Å²) in [5, 5.41) is 4.00. The van der Waals surface area contributed by atoms with Gasteiger partial charge in [-0.2, -0.15) is 0 Å². The van der Waals surface area contributed by atoms with Gasteiger partial charge < -0.3 is 15.0 Å². The van der Waals surface area contributed by atoms with Gasteiger partial charge in [-0.3, -0.25) is 0 Å². The third-order valence-corrected chi connectivity index (χ3v) is 7.24. The van der Waals surface area contributed by atoms with Crippen molar-refractivity contribution in [2.24, 2.45) is 17.8 Å².